The molecule has 0 N–H and O–H groups in total. The van der Waals surface area contributed by atoms with Crippen molar-refractivity contribution in [3.63, 3.8) is 0 Å². The van der Waals surface area contributed by atoms with Gasteiger partial charge in [-0.2, -0.15) is 0 Å². The van der Waals surface area contributed by atoms with Crippen LogP contribution in [0.5, 0.6) is 0 Å². The van der Waals surface area contributed by atoms with E-state index < -0.39 is 30.0 Å². The SMILES string of the molecule is CCN(CC)c1ccc(C(=C2C=CC(=[N+](CC)CC)C=C2)c2cc(S(=O)(=O)[O-])ccc2S(=O)(=O)[O-])cc1. The number of benzene rings is 2. The van der Waals surface area contributed by atoms with Gasteiger partial charge in [-0.05, 0) is 86.9 Å². The molecule has 0 amide bonds. The lowest BCUT2D eigenvalue weighted by atomic mass is 9.90. The van der Waals surface area contributed by atoms with Gasteiger partial charge in [-0.25, -0.2) is 21.4 Å². The molecule has 0 fully saturated rings. The second-order valence-corrected chi connectivity index (χ2v) is 11.1. The number of allylic oxidation sites excluding steroid dienone is 5. The minimum Gasteiger partial charge on any atom is -0.744 e. The van der Waals surface area contributed by atoms with E-state index in [1.165, 1.54) is 0 Å². The first kappa shape index (κ1) is 28.5. The second kappa shape index (κ2) is 11.6. The van der Waals surface area contributed by atoms with Crippen LogP contribution in [0, 0.1) is 0 Å². The molecule has 10 heteroatoms. The summed E-state index contributed by atoms with van der Waals surface area (Å²) >= 11 is 0. The van der Waals surface area contributed by atoms with E-state index in [0.29, 0.717) is 16.7 Å². The van der Waals surface area contributed by atoms with Gasteiger partial charge in [0.15, 0.2) is 5.71 Å². The third-order valence-electron chi connectivity index (χ3n) is 6.35. The Kier molecular flexibility index (Phi) is 8.91. The Morgan fingerprint density at radius 2 is 1.35 bits per heavy atom. The quantitative estimate of drug-likeness (QED) is 0.349. The van der Waals surface area contributed by atoms with Gasteiger partial charge in [0, 0.05) is 36.5 Å². The van der Waals surface area contributed by atoms with Crippen LogP contribution in [0.1, 0.15) is 38.8 Å². The molecule has 0 radical (unpaired) electrons. The maximum absolute atomic E-state index is 12.2. The predicted octanol–water partition coefficient (Wildman–Crippen LogP) is 3.76. The van der Waals surface area contributed by atoms with Crippen LogP contribution in [0.4, 0.5) is 5.69 Å². The topological polar surface area (TPSA) is 121 Å². The van der Waals surface area contributed by atoms with Crippen LogP contribution < -0.4 is 4.90 Å². The molecule has 1 aliphatic rings. The van der Waals surface area contributed by atoms with Crippen LogP contribution in [-0.4, -0.2) is 62.4 Å². The summed E-state index contributed by atoms with van der Waals surface area (Å²) in [7, 11) is -9.91. The zero-order valence-corrected chi connectivity index (χ0v) is 23.0. The summed E-state index contributed by atoms with van der Waals surface area (Å²) in [6.45, 7) is 11.3. The molecule has 0 aliphatic heterocycles. The smallest absolute Gasteiger partial charge is 0.199 e. The van der Waals surface area contributed by atoms with Crippen LogP contribution in [0.2, 0.25) is 0 Å². The molecule has 0 unspecified atom stereocenters. The highest BCUT2D eigenvalue weighted by Crippen LogP contribution is 2.36. The molecule has 0 aromatic heterocycles. The normalized spacial score (nSPS) is 13.7. The summed E-state index contributed by atoms with van der Waals surface area (Å²) in [5.74, 6) is 0. The van der Waals surface area contributed by atoms with E-state index in [1.807, 2.05) is 52.0 Å². The van der Waals surface area contributed by atoms with Crippen molar-refractivity contribution in [1.29, 1.82) is 0 Å². The average molecular weight is 544 g/mol. The number of hydrogen-bond acceptors (Lipinski definition) is 7. The summed E-state index contributed by atoms with van der Waals surface area (Å²) in [5, 5.41) is 0. The molecule has 37 heavy (non-hydrogen) atoms. The molecule has 198 valence electrons. The van der Waals surface area contributed by atoms with E-state index in [-0.39, 0.29) is 5.56 Å². The van der Waals surface area contributed by atoms with Gasteiger partial charge < -0.3 is 14.0 Å². The van der Waals surface area contributed by atoms with E-state index >= 15 is 0 Å². The van der Waals surface area contributed by atoms with Crippen molar-refractivity contribution in [3.8, 4) is 0 Å². The summed E-state index contributed by atoms with van der Waals surface area (Å²) in [6, 6.07) is 10.1. The van der Waals surface area contributed by atoms with Crippen molar-refractivity contribution in [2.75, 3.05) is 31.1 Å². The maximum Gasteiger partial charge on any atom is 0.199 e. The number of anilines is 1. The lowest BCUT2D eigenvalue weighted by Gasteiger charge is -2.23. The first-order valence-electron chi connectivity index (χ1n) is 12.1. The Morgan fingerprint density at radius 3 is 1.81 bits per heavy atom. The van der Waals surface area contributed by atoms with Crippen molar-refractivity contribution < 1.29 is 30.5 Å². The van der Waals surface area contributed by atoms with Crippen LogP contribution in [0.3, 0.4) is 0 Å². The van der Waals surface area contributed by atoms with Crippen LogP contribution >= 0.6 is 0 Å². The molecular formula is C27H31N2O6S2-. The number of rotatable bonds is 9. The molecular weight excluding hydrogens is 512 g/mol. The lowest BCUT2D eigenvalue weighted by molar-refractivity contribution is -0.519. The Balaban J connectivity index is 2.36. The van der Waals surface area contributed by atoms with Gasteiger partial charge in [0.25, 0.3) is 0 Å². The Morgan fingerprint density at radius 1 is 0.784 bits per heavy atom. The average Bonchev–Trinajstić information content (AvgIpc) is 2.86. The highest BCUT2D eigenvalue weighted by atomic mass is 32.2. The molecule has 1 aliphatic carbocycles. The zero-order chi connectivity index (χ0) is 27.4. The van der Waals surface area contributed by atoms with Crippen molar-refractivity contribution in [3.05, 3.63) is 83.5 Å². The molecule has 0 saturated carbocycles. The Labute approximate surface area is 219 Å². The van der Waals surface area contributed by atoms with Crippen molar-refractivity contribution in [2.24, 2.45) is 0 Å². The monoisotopic (exact) mass is 543 g/mol. The van der Waals surface area contributed by atoms with Crippen LogP contribution in [-0.2, 0) is 20.2 Å². The van der Waals surface area contributed by atoms with Gasteiger partial charge in [0.05, 0.1) is 9.79 Å². The van der Waals surface area contributed by atoms with Gasteiger partial charge >= 0.3 is 0 Å². The third-order valence-corrected chi connectivity index (χ3v) is 8.07. The van der Waals surface area contributed by atoms with Gasteiger partial charge in [-0.3, -0.25) is 0 Å². The molecule has 3 rings (SSSR count). The fourth-order valence-electron chi connectivity index (χ4n) is 4.41. The van der Waals surface area contributed by atoms with Crippen molar-refractivity contribution in [1.82, 2.24) is 0 Å². The third kappa shape index (κ3) is 6.45. The highest BCUT2D eigenvalue weighted by molar-refractivity contribution is 7.86. The standard InChI is InChI=1S/C27H32N2O6S2/c1-5-28(6-2)22-13-9-20(10-14-22)27(21-11-15-23(16-12-21)29(7-3)8-4)25-19-24(36(30,31)32)17-18-26(25)37(33,34)35/h9-19H,5-8H2,1-4H3,(H-,30,31,32,33,34,35)/p-1. The van der Waals surface area contributed by atoms with E-state index in [4.69, 9.17) is 0 Å². The van der Waals surface area contributed by atoms with Gasteiger partial charge in [0.1, 0.15) is 33.3 Å². The fourth-order valence-corrected chi connectivity index (χ4v) is 5.57. The largest absolute Gasteiger partial charge is 0.744 e. The summed E-state index contributed by atoms with van der Waals surface area (Å²) < 4.78 is 74.2. The van der Waals surface area contributed by atoms with Crippen LogP contribution in [0.25, 0.3) is 5.57 Å². The molecule has 2 aromatic carbocycles. The molecule has 8 nitrogen and oxygen atoms in total. The molecule has 0 saturated heterocycles. The predicted molar refractivity (Wildman–Crippen MR) is 143 cm³/mol. The second-order valence-electron chi connectivity index (χ2n) is 8.38. The fraction of sp³-hybridized carbons (Fsp3) is 0.296. The molecule has 0 spiro atoms. The molecule has 0 atom stereocenters. The molecule has 2 aromatic rings. The minimum absolute atomic E-state index is 0.141. The van der Waals surface area contributed by atoms with E-state index in [9.17, 15) is 25.9 Å². The number of hydrogen-bond donors (Lipinski definition) is 0. The minimum atomic E-state index is -5.00. The first-order valence-corrected chi connectivity index (χ1v) is 14.9. The molecule has 0 bridgehead atoms. The van der Waals surface area contributed by atoms with E-state index in [0.717, 1.165) is 55.8 Å². The Bertz CT molecular complexity index is 1470. The van der Waals surface area contributed by atoms with Gasteiger partial charge in [-0.1, -0.05) is 12.1 Å². The Hall–Kier alpha value is -3.05. The van der Waals surface area contributed by atoms with Gasteiger partial charge in [0.2, 0.25) is 0 Å². The summed E-state index contributed by atoms with van der Waals surface area (Å²) in [6.07, 6.45) is 7.35. The molecule has 0 heterocycles. The first-order chi connectivity index (χ1) is 17.4. The van der Waals surface area contributed by atoms with Crippen molar-refractivity contribution in [2.45, 2.75) is 37.5 Å². The van der Waals surface area contributed by atoms with Crippen molar-refractivity contribution >= 4 is 37.2 Å². The zero-order valence-electron chi connectivity index (χ0n) is 21.3. The maximum atomic E-state index is 12.2. The lowest BCUT2D eigenvalue weighted by Crippen LogP contribution is -2.21. The van der Waals surface area contributed by atoms with Crippen LogP contribution in [0.15, 0.2) is 82.1 Å². The summed E-state index contributed by atoms with van der Waals surface area (Å²) in [5.41, 5.74) is 3.24. The van der Waals surface area contributed by atoms with E-state index in [2.05, 4.69) is 9.48 Å². The van der Waals surface area contributed by atoms with Gasteiger partial charge in [-0.15, -0.1) is 0 Å². The highest BCUT2D eigenvalue weighted by Gasteiger charge is 2.21. The summed E-state index contributed by atoms with van der Waals surface area (Å²) in [4.78, 5) is 0.919. The van der Waals surface area contributed by atoms with E-state index in [1.54, 1.807) is 24.3 Å². The number of nitrogens with zero attached hydrogens (tertiary/aromatic N) is 2.